The van der Waals surface area contributed by atoms with Gasteiger partial charge in [-0.2, -0.15) is 0 Å². The van der Waals surface area contributed by atoms with E-state index >= 15 is 0 Å². The quantitative estimate of drug-likeness (QED) is 0.748. The maximum atomic E-state index is 5.92. The fourth-order valence-corrected chi connectivity index (χ4v) is 2.72. The molecule has 3 nitrogen and oxygen atoms in total. The zero-order valence-electron chi connectivity index (χ0n) is 13.0. The highest BCUT2D eigenvalue weighted by atomic mass is 35.5. The molecule has 3 aromatic rings. The Morgan fingerprint density at radius 2 is 1.52 bits per heavy atom. The highest BCUT2D eigenvalue weighted by molar-refractivity contribution is 6.30. The van der Waals surface area contributed by atoms with Gasteiger partial charge in [0.15, 0.2) is 0 Å². The van der Waals surface area contributed by atoms with Crippen LogP contribution in [-0.2, 0) is 25.9 Å². The summed E-state index contributed by atoms with van der Waals surface area (Å²) >= 11 is 5.92. The third-order valence-corrected chi connectivity index (χ3v) is 4.22. The van der Waals surface area contributed by atoms with E-state index in [1.807, 2.05) is 24.5 Å². The number of hydrogen-bond donors (Lipinski definition) is 1. The van der Waals surface area contributed by atoms with Gasteiger partial charge in [-0.05, 0) is 35.2 Å². The maximum absolute atomic E-state index is 5.92. The molecule has 0 saturated carbocycles. The summed E-state index contributed by atoms with van der Waals surface area (Å²) in [5.41, 5.74) is 9.33. The Morgan fingerprint density at radius 3 is 2.22 bits per heavy atom. The van der Waals surface area contributed by atoms with Gasteiger partial charge >= 0.3 is 0 Å². The second-order valence-electron chi connectivity index (χ2n) is 5.62. The van der Waals surface area contributed by atoms with Gasteiger partial charge in [-0.1, -0.05) is 48.0 Å². The first-order chi connectivity index (χ1) is 11.2. The maximum Gasteiger partial charge on any atom is 0.109 e. The molecule has 0 unspecified atom stereocenters. The Balaban J connectivity index is 1.65. The molecule has 0 bridgehead atoms. The fraction of sp³-hybridized carbons (Fsp3) is 0.211. The molecule has 0 aliphatic carbocycles. The number of aromatic nitrogens is 2. The number of benzene rings is 2. The summed E-state index contributed by atoms with van der Waals surface area (Å²) in [7, 11) is 0. The van der Waals surface area contributed by atoms with E-state index in [9.17, 15) is 0 Å². The average molecular weight is 326 g/mol. The summed E-state index contributed by atoms with van der Waals surface area (Å²) in [6, 6.07) is 16.4. The van der Waals surface area contributed by atoms with Crippen LogP contribution < -0.4 is 5.73 Å². The van der Waals surface area contributed by atoms with Gasteiger partial charge in [-0.15, -0.1) is 0 Å². The zero-order chi connectivity index (χ0) is 16.1. The number of aryl methyl sites for hydroxylation is 2. The van der Waals surface area contributed by atoms with Crippen molar-refractivity contribution in [2.75, 3.05) is 0 Å². The number of rotatable bonds is 6. The first-order valence-corrected chi connectivity index (χ1v) is 8.15. The minimum Gasteiger partial charge on any atom is -0.331 e. The van der Waals surface area contributed by atoms with Crippen molar-refractivity contribution in [3.05, 3.63) is 88.5 Å². The predicted octanol–water partition coefficient (Wildman–Crippen LogP) is 3.83. The summed E-state index contributed by atoms with van der Waals surface area (Å²) in [5, 5.41) is 0.774. The van der Waals surface area contributed by atoms with Crippen molar-refractivity contribution in [1.82, 2.24) is 9.55 Å². The van der Waals surface area contributed by atoms with Crippen molar-refractivity contribution >= 4 is 11.6 Å². The van der Waals surface area contributed by atoms with Crippen molar-refractivity contribution in [2.45, 2.75) is 25.9 Å². The van der Waals surface area contributed by atoms with E-state index in [0.717, 1.165) is 35.8 Å². The van der Waals surface area contributed by atoms with E-state index in [1.165, 1.54) is 11.1 Å². The lowest BCUT2D eigenvalue weighted by molar-refractivity contribution is 0.712. The van der Waals surface area contributed by atoms with Crippen LogP contribution >= 0.6 is 11.6 Å². The highest BCUT2D eigenvalue weighted by Crippen LogP contribution is 2.13. The van der Waals surface area contributed by atoms with Crippen LogP contribution in [0.4, 0.5) is 0 Å². The Labute approximate surface area is 141 Å². The van der Waals surface area contributed by atoms with Gasteiger partial charge in [0.25, 0.3) is 0 Å². The number of imidazole rings is 1. The van der Waals surface area contributed by atoms with Crippen molar-refractivity contribution in [3.8, 4) is 0 Å². The lowest BCUT2D eigenvalue weighted by Crippen LogP contribution is -2.06. The molecule has 118 valence electrons. The summed E-state index contributed by atoms with van der Waals surface area (Å²) in [5.74, 6) is 1.10. The van der Waals surface area contributed by atoms with Gasteiger partial charge < -0.3 is 10.3 Å². The highest BCUT2D eigenvalue weighted by Gasteiger charge is 2.05. The van der Waals surface area contributed by atoms with Crippen molar-refractivity contribution in [2.24, 2.45) is 5.73 Å². The number of nitrogens with two attached hydrogens (primary N) is 1. The average Bonchev–Trinajstić information content (AvgIpc) is 3.02. The number of halogens is 1. The van der Waals surface area contributed by atoms with Crippen LogP contribution in [0.1, 0.15) is 22.5 Å². The topological polar surface area (TPSA) is 43.8 Å². The standard InChI is InChI=1S/C19H20ClN3/c20-18-8-5-15(6-9-18)7-10-19-22-11-12-23(19)14-17-3-1-16(13-21)2-4-17/h1-6,8-9,11-12H,7,10,13-14,21H2. The minimum absolute atomic E-state index is 0.581. The summed E-state index contributed by atoms with van der Waals surface area (Å²) in [4.78, 5) is 4.50. The molecule has 0 atom stereocenters. The Bertz CT molecular complexity index is 745. The smallest absolute Gasteiger partial charge is 0.109 e. The van der Waals surface area contributed by atoms with E-state index in [4.69, 9.17) is 17.3 Å². The van der Waals surface area contributed by atoms with Crippen LogP contribution in [0.25, 0.3) is 0 Å². The normalized spacial score (nSPS) is 10.9. The fourth-order valence-electron chi connectivity index (χ4n) is 2.60. The van der Waals surface area contributed by atoms with Crippen molar-refractivity contribution in [3.63, 3.8) is 0 Å². The van der Waals surface area contributed by atoms with Gasteiger partial charge in [-0.3, -0.25) is 0 Å². The number of nitrogens with zero attached hydrogens (tertiary/aromatic N) is 2. The monoisotopic (exact) mass is 325 g/mol. The largest absolute Gasteiger partial charge is 0.331 e. The third-order valence-electron chi connectivity index (χ3n) is 3.96. The van der Waals surface area contributed by atoms with E-state index < -0.39 is 0 Å². The molecular formula is C19H20ClN3. The molecule has 3 rings (SSSR count). The molecule has 0 saturated heterocycles. The zero-order valence-corrected chi connectivity index (χ0v) is 13.7. The second-order valence-corrected chi connectivity index (χ2v) is 6.05. The molecule has 2 aromatic carbocycles. The van der Waals surface area contributed by atoms with Crippen LogP contribution in [0, 0.1) is 0 Å². The lowest BCUT2D eigenvalue weighted by atomic mass is 10.1. The Hall–Kier alpha value is -2.10. The molecule has 0 fully saturated rings. The first-order valence-electron chi connectivity index (χ1n) is 7.77. The summed E-state index contributed by atoms with van der Waals surface area (Å²) < 4.78 is 2.20. The summed E-state index contributed by atoms with van der Waals surface area (Å²) in [6.45, 7) is 1.42. The van der Waals surface area contributed by atoms with Gasteiger partial charge in [0.05, 0.1) is 0 Å². The Morgan fingerprint density at radius 1 is 0.870 bits per heavy atom. The van der Waals surface area contributed by atoms with E-state index in [0.29, 0.717) is 6.54 Å². The molecule has 1 heterocycles. The SMILES string of the molecule is NCc1ccc(Cn2ccnc2CCc2ccc(Cl)cc2)cc1. The van der Waals surface area contributed by atoms with Gasteiger partial charge in [0.1, 0.15) is 5.82 Å². The molecule has 2 N–H and O–H groups in total. The van der Waals surface area contributed by atoms with Gasteiger partial charge in [-0.25, -0.2) is 4.98 Å². The third kappa shape index (κ3) is 4.21. The van der Waals surface area contributed by atoms with Crippen LogP contribution in [0.3, 0.4) is 0 Å². The molecule has 23 heavy (non-hydrogen) atoms. The van der Waals surface area contributed by atoms with Gasteiger partial charge in [0.2, 0.25) is 0 Å². The molecule has 0 aliphatic rings. The molecular weight excluding hydrogens is 306 g/mol. The van der Waals surface area contributed by atoms with Crippen molar-refractivity contribution in [1.29, 1.82) is 0 Å². The molecule has 0 radical (unpaired) electrons. The number of hydrogen-bond acceptors (Lipinski definition) is 2. The minimum atomic E-state index is 0.581. The van der Waals surface area contributed by atoms with E-state index in [1.54, 1.807) is 0 Å². The first kappa shape index (κ1) is 15.8. The predicted molar refractivity (Wildman–Crippen MR) is 94.5 cm³/mol. The van der Waals surface area contributed by atoms with Crippen LogP contribution in [0.5, 0.6) is 0 Å². The molecule has 4 heteroatoms. The van der Waals surface area contributed by atoms with Crippen molar-refractivity contribution < 1.29 is 0 Å². The van der Waals surface area contributed by atoms with E-state index in [-0.39, 0.29) is 0 Å². The molecule has 0 spiro atoms. The van der Waals surface area contributed by atoms with Crippen LogP contribution in [0.15, 0.2) is 60.9 Å². The summed E-state index contributed by atoms with van der Waals surface area (Å²) in [6.07, 6.45) is 5.77. The molecule has 0 amide bonds. The van der Waals surface area contributed by atoms with Gasteiger partial charge in [0, 0.05) is 36.9 Å². The van der Waals surface area contributed by atoms with E-state index in [2.05, 4.69) is 45.9 Å². The molecule has 0 aliphatic heterocycles. The molecule has 1 aromatic heterocycles. The second kappa shape index (κ2) is 7.44. The Kier molecular flexibility index (Phi) is 5.11. The van der Waals surface area contributed by atoms with Crippen LogP contribution in [-0.4, -0.2) is 9.55 Å². The lowest BCUT2D eigenvalue weighted by Gasteiger charge is -2.09. The van der Waals surface area contributed by atoms with Crippen LogP contribution in [0.2, 0.25) is 5.02 Å².